The highest BCUT2D eigenvalue weighted by Crippen LogP contribution is 2.34. The van der Waals surface area contributed by atoms with Crippen LogP contribution >= 0.6 is 0 Å². The molecular weight excluding hydrogens is 314 g/mol. The summed E-state index contributed by atoms with van der Waals surface area (Å²) in [6, 6.07) is 13.9. The largest absolute Gasteiger partial charge is 0.484 e. The second kappa shape index (κ2) is 6.32. The SMILES string of the molecule is c1cnc2c(c1)OCC(c1ccc(CN3CC4CCC3CN4)cc1)O2. The number of rotatable bonds is 3. The van der Waals surface area contributed by atoms with Gasteiger partial charge in [0.15, 0.2) is 11.9 Å². The van der Waals surface area contributed by atoms with E-state index in [1.807, 2.05) is 12.1 Å². The number of aromatic nitrogens is 1. The zero-order valence-corrected chi connectivity index (χ0v) is 14.2. The molecule has 3 saturated heterocycles. The molecule has 25 heavy (non-hydrogen) atoms. The molecule has 4 aliphatic heterocycles. The van der Waals surface area contributed by atoms with Crippen molar-refractivity contribution in [2.24, 2.45) is 0 Å². The first-order valence-corrected chi connectivity index (χ1v) is 9.16. The van der Waals surface area contributed by atoms with Crippen LogP contribution in [0, 0.1) is 0 Å². The van der Waals surface area contributed by atoms with Gasteiger partial charge in [-0.25, -0.2) is 4.98 Å². The van der Waals surface area contributed by atoms with Gasteiger partial charge in [-0.2, -0.15) is 0 Å². The Bertz CT molecular complexity index is 741. The number of benzene rings is 1. The van der Waals surface area contributed by atoms with Crippen LogP contribution in [0.3, 0.4) is 0 Å². The van der Waals surface area contributed by atoms with Gasteiger partial charge in [0.05, 0.1) is 0 Å². The molecule has 6 rings (SSSR count). The Hall–Kier alpha value is -2.11. The monoisotopic (exact) mass is 337 g/mol. The number of nitrogens with one attached hydrogen (secondary N) is 1. The first-order chi connectivity index (χ1) is 12.3. The lowest BCUT2D eigenvalue weighted by molar-refractivity contribution is 0.0684. The molecule has 3 fully saturated rings. The molecule has 5 heterocycles. The Balaban J connectivity index is 1.26. The summed E-state index contributed by atoms with van der Waals surface area (Å²) >= 11 is 0. The molecule has 3 atom stereocenters. The van der Waals surface area contributed by atoms with Crippen LogP contribution in [-0.4, -0.2) is 41.7 Å². The van der Waals surface area contributed by atoms with Crippen LogP contribution in [0.4, 0.5) is 0 Å². The van der Waals surface area contributed by atoms with E-state index in [0.29, 0.717) is 24.6 Å². The quantitative estimate of drug-likeness (QED) is 0.933. The average molecular weight is 337 g/mol. The number of hydrogen-bond acceptors (Lipinski definition) is 5. The highest BCUT2D eigenvalue weighted by molar-refractivity contribution is 5.36. The molecule has 4 aliphatic rings. The molecule has 0 radical (unpaired) electrons. The number of hydrogen-bond donors (Lipinski definition) is 1. The molecule has 0 aliphatic carbocycles. The summed E-state index contributed by atoms with van der Waals surface area (Å²) in [6.45, 7) is 3.88. The standard InChI is InChI=1S/C20H23N3O2/c1-2-18-20(21-9-1)25-19(13-24-18)15-5-3-14(4-6-15)11-23-12-16-7-8-17(23)10-22-16/h1-6,9,16-17,19,22H,7-8,10-13H2. The average Bonchev–Trinajstić information content (AvgIpc) is 2.69. The fourth-order valence-electron chi connectivity index (χ4n) is 4.14. The van der Waals surface area contributed by atoms with Gasteiger partial charge in [-0.15, -0.1) is 0 Å². The van der Waals surface area contributed by atoms with Gasteiger partial charge in [0, 0.05) is 37.9 Å². The number of fused-ring (bicyclic) bond motifs is 4. The van der Waals surface area contributed by atoms with E-state index >= 15 is 0 Å². The zero-order chi connectivity index (χ0) is 16.6. The molecular formula is C20H23N3O2. The van der Waals surface area contributed by atoms with E-state index in [0.717, 1.165) is 24.4 Å². The van der Waals surface area contributed by atoms with Crippen molar-refractivity contribution in [2.45, 2.75) is 37.6 Å². The van der Waals surface area contributed by atoms with Gasteiger partial charge in [-0.1, -0.05) is 24.3 Å². The molecule has 0 spiro atoms. The van der Waals surface area contributed by atoms with Crippen LogP contribution in [0.2, 0.25) is 0 Å². The van der Waals surface area contributed by atoms with Gasteiger partial charge in [0.25, 0.3) is 5.88 Å². The normalized spacial score (nSPS) is 28.1. The van der Waals surface area contributed by atoms with E-state index in [4.69, 9.17) is 9.47 Å². The second-order valence-corrected chi connectivity index (χ2v) is 7.23. The Morgan fingerprint density at radius 3 is 2.84 bits per heavy atom. The maximum atomic E-state index is 5.99. The molecule has 0 saturated carbocycles. The molecule has 2 aromatic rings. The van der Waals surface area contributed by atoms with Crippen molar-refractivity contribution < 1.29 is 9.47 Å². The Morgan fingerprint density at radius 2 is 2.08 bits per heavy atom. The van der Waals surface area contributed by atoms with Crippen LogP contribution in [-0.2, 0) is 6.54 Å². The van der Waals surface area contributed by atoms with Crippen LogP contribution in [0.1, 0.15) is 30.1 Å². The minimum absolute atomic E-state index is 0.0911. The summed E-state index contributed by atoms with van der Waals surface area (Å²) in [5.41, 5.74) is 2.51. The molecule has 5 heteroatoms. The van der Waals surface area contributed by atoms with Crippen LogP contribution < -0.4 is 14.8 Å². The molecule has 2 bridgehead atoms. The molecule has 1 aromatic carbocycles. The first kappa shape index (κ1) is 15.2. The number of piperazine rings is 1. The van der Waals surface area contributed by atoms with Crippen molar-refractivity contribution in [1.82, 2.24) is 15.2 Å². The van der Waals surface area contributed by atoms with Crippen molar-refractivity contribution in [3.63, 3.8) is 0 Å². The molecule has 5 nitrogen and oxygen atoms in total. The van der Waals surface area contributed by atoms with Crippen molar-refractivity contribution in [1.29, 1.82) is 0 Å². The minimum atomic E-state index is -0.0911. The van der Waals surface area contributed by atoms with Crippen LogP contribution in [0.5, 0.6) is 11.6 Å². The van der Waals surface area contributed by atoms with Gasteiger partial charge in [0.1, 0.15) is 6.61 Å². The van der Waals surface area contributed by atoms with Gasteiger partial charge in [-0.05, 0) is 36.1 Å². The van der Waals surface area contributed by atoms with E-state index < -0.39 is 0 Å². The van der Waals surface area contributed by atoms with Crippen molar-refractivity contribution in [3.05, 3.63) is 53.7 Å². The number of pyridine rings is 1. The third-order valence-electron chi connectivity index (χ3n) is 5.58. The lowest BCUT2D eigenvalue weighted by Crippen LogP contribution is -2.60. The Labute approximate surface area is 148 Å². The first-order valence-electron chi connectivity index (χ1n) is 9.16. The lowest BCUT2D eigenvalue weighted by Gasteiger charge is -2.46. The molecule has 1 aromatic heterocycles. The molecule has 3 unspecified atom stereocenters. The summed E-state index contributed by atoms with van der Waals surface area (Å²) in [5, 5.41) is 3.62. The third kappa shape index (κ3) is 2.98. The molecule has 0 amide bonds. The van der Waals surface area contributed by atoms with E-state index in [9.17, 15) is 0 Å². The summed E-state index contributed by atoms with van der Waals surface area (Å²) < 4.78 is 11.8. The van der Waals surface area contributed by atoms with Crippen LogP contribution in [0.15, 0.2) is 42.6 Å². The summed E-state index contributed by atoms with van der Waals surface area (Å²) in [4.78, 5) is 6.88. The summed E-state index contributed by atoms with van der Waals surface area (Å²) in [5.74, 6) is 1.31. The highest BCUT2D eigenvalue weighted by Gasteiger charge is 2.33. The second-order valence-electron chi connectivity index (χ2n) is 7.23. The van der Waals surface area contributed by atoms with Gasteiger partial charge >= 0.3 is 0 Å². The van der Waals surface area contributed by atoms with Crippen LogP contribution in [0.25, 0.3) is 0 Å². The van der Waals surface area contributed by atoms with Crippen molar-refractivity contribution in [3.8, 4) is 11.6 Å². The van der Waals surface area contributed by atoms with E-state index in [1.54, 1.807) is 6.20 Å². The van der Waals surface area contributed by atoms with Gasteiger partial charge in [-0.3, -0.25) is 4.90 Å². The Kier molecular flexibility index (Phi) is 3.83. The fraction of sp³-hybridized carbons (Fsp3) is 0.450. The number of piperidine rings is 2. The number of nitrogens with zero attached hydrogens (tertiary/aromatic N) is 2. The number of ether oxygens (including phenoxy) is 2. The zero-order valence-electron chi connectivity index (χ0n) is 14.2. The topological polar surface area (TPSA) is 46.6 Å². The van der Waals surface area contributed by atoms with Crippen molar-refractivity contribution >= 4 is 0 Å². The maximum Gasteiger partial charge on any atom is 0.257 e. The maximum absolute atomic E-state index is 5.99. The molecule has 1 N–H and O–H groups in total. The lowest BCUT2D eigenvalue weighted by atomic mass is 9.92. The predicted molar refractivity (Wildman–Crippen MR) is 94.8 cm³/mol. The predicted octanol–water partition coefficient (Wildman–Crippen LogP) is 2.53. The third-order valence-corrected chi connectivity index (χ3v) is 5.58. The van der Waals surface area contributed by atoms with Gasteiger partial charge in [0.2, 0.25) is 0 Å². The molecule has 130 valence electrons. The Morgan fingerprint density at radius 1 is 1.16 bits per heavy atom. The minimum Gasteiger partial charge on any atom is -0.484 e. The highest BCUT2D eigenvalue weighted by atomic mass is 16.6. The summed E-state index contributed by atoms with van der Waals surface area (Å²) in [7, 11) is 0. The fourth-order valence-corrected chi connectivity index (χ4v) is 4.14. The van der Waals surface area contributed by atoms with E-state index in [1.165, 1.54) is 24.9 Å². The summed E-state index contributed by atoms with van der Waals surface area (Å²) in [6.07, 6.45) is 4.30. The van der Waals surface area contributed by atoms with Gasteiger partial charge < -0.3 is 14.8 Å². The van der Waals surface area contributed by atoms with Crippen molar-refractivity contribution in [2.75, 3.05) is 19.7 Å². The van der Waals surface area contributed by atoms with E-state index in [2.05, 4.69) is 39.5 Å². The smallest absolute Gasteiger partial charge is 0.257 e. The van der Waals surface area contributed by atoms with E-state index in [-0.39, 0.29) is 6.10 Å².